The van der Waals surface area contributed by atoms with E-state index in [0.29, 0.717) is 10.0 Å². The van der Waals surface area contributed by atoms with Gasteiger partial charge in [-0.1, -0.05) is 48.4 Å². The van der Waals surface area contributed by atoms with E-state index in [-0.39, 0.29) is 21.1 Å². The molecular weight excluding hydrogens is 512 g/mol. The van der Waals surface area contributed by atoms with Crippen LogP contribution in [0.4, 0.5) is 0 Å². The molecule has 1 N–H and O–H groups in total. The number of aryl methyl sites for hydroxylation is 1. The molecule has 2 heterocycles. The summed E-state index contributed by atoms with van der Waals surface area (Å²) in [5.74, 6) is -0.207. The van der Waals surface area contributed by atoms with Crippen LogP contribution in [0.25, 0.3) is 16.2 Å². The van der Waals surface area contributed by atoms with Crippen molar-refractivity contribution in [3.05, 3.63) is 87.6 Å². The molecule has 0 amide bonds. The van der Waals surface area contributed by atoms with Gasteiger partial charge < -0.3 is 5.11 Å². The van der Waals surface area contributed by atoms with Crippen LogP contribution in [0.15, 0.2) is 70.1 Å². The third-order valence-corrected chi connectivity index (χ3v) is 11.0. The minimum absolute atomic E-state index is 0.0994. The number of hydrogen-bond acceptors (Lipinski definition) is 4. The molecule has 1 saturated carbocycles. The van der Waals surface area contributed by atoms with Crippen molar-refractivity contribution in [2.75, 3.05) is 0 Å². The molecule has 2 aromatic carbocycles. The highest BCUT2D eigenvalue weighted by Crippen LogP contribution is 2.57. The Labute approximate surface area is 207 Å². The number of allylic oxidation sites excluding steroid dienone is 1. The summed E-state index contributed by atoms with van der Waals surface area (Å²) < 4.78 is 29.2. The van der Waals surface area contributed by atoms with Crippen LogP contribution in [-0.2, 0) is 16.3 Å². The lowest BCUT2D eigenvalue weighted by molar-refractivity contribution is 0.0893. The Morgan fingerprint density at radius 3 is 2.65 bits per heavy atom. The lowest BCUT2D eigenvalue weighted by atomic mass is 9.68. The molecule has 6 rings (SSSR count). The number of rotatable bonds is 3. The van der Waals surface area contributed by atoms with Gasteiger partial charge in [-0.05, 0) is 83.3 Å². The highest BCUT2D eigenvalue weighted by atomic mass is 79.9. The van der Waals surface area contributed by atoms with Crippen LogP contribution < -0.4 is 0 Å². The SMILES string of the molecule is Cc1ccc(-n2ncc3c2C=C2CC[C@H]([C@@H](O)C4=C(Br)c5ccccc5S4(=O)=O)[C@@]2(C)C3)cc1. The number of aliphatic hydroxyl groups excluding tert-OH is 1. The fourth-order valence-corrected chi connectivity index (χ4v) is 9.13. The van der Waals surface area contributed by atoms with Gasteiger partial charge in [0.2, 0.25) is 9.84 Å². The fraction of sp³-hybridized carbons (Fsp3) is 0.296. The second kappa shape index (κ2) is 7.51. The number of aliphatic hydroxyl groups is 1. The Morgan fingerprint density at radius 2 is 1.91 bits per heavy atom. The predicted molar refractivity (Wildman–Crippen MR) is 136 cm³/mol. The van der Waals surface area contributed by atoms with Crippen molar-refractivity contribution in [1.82, 2.24) is 9.78 Å². The van der Waals surface area contributed by atoms with Crippen LogP contribution in [0.2, 0.25) is 0 Å². The fourth-order valence-electron chi connectivity index (χ4n) is 6.00. The van der Waals surface area contributed by atoms with Crippen molar-refractivity contribution in [3.8, 4) is 5.69 Å². The summed E-state index contributed by atoms with van der Waals surface area (Å²) in [7, 11) is -3.75. The van der Waals surface area contributed by atoms with E-state index in [4.69, 9.17) is 0 Å². The van der Waals surface area contributed by atoms with E-state index in [2.05, 4.69) is 65.2 Å². The topological polar surface area (TPSA) is 72.2 Å². The Balaban J connectivity index is 1.38. The Bertz CT molecular complexity index is 1500. The van der Waals surface area contributed by atoms with Gasteiger partial charge in [-0.3, -0.25) is 0 Å². The Morgan fingerprint density at radius 1 is 1.18 bits per heavy atom. The molecule has 34 heavy (non-hydrogen) atoms. The maximum atomic E-state index is 13.4. The molecule has 1 aliphatic heterocycles. The molecule has 174 valence electrons. The average Bonchev–Trinajstić information content (AvgIpc) is 3.42. The summed E-state index contributed by atoms with van der Waals surface area (Å²) in [5.41, 5.74) is 5.96. The standard InChI is InChI=1S/C27H25BrN2O3S/c1-16-7-10-19(11-8-16)30-22-13-18-9-12-21(27(18,2)14-17(22)15-29-30)25(31)26-24(28)20-5-3-4-6-23(20)34(26,32)33/h3-8,10-11,13,15,21,25,31H,9,12,14H2,1-2H3/t21-,25-,27+/m1/s1. The van der Waals surface area contributed by atoms with Crippen LogP contribution in [0.3, 0.4) is 0 Å². The smallest absolute Gasteiger partial charge is 0.207 e. The molecular formula is C27H25BrN2O3S. The van der Waals surface area contributed by atoms with Gasteiger partial charge in [-0.2, -0.15) is 5.10 Å². The summed E-state index contributed by atoms with van der Waals surface area (Å²) >= 11 is 3.50. The van der Waals surface area contributed by atoms with Gasteiger partial charge in [0.25, 0.3) is 0 Å². The first-order chi connectivity index (χ1) is 16.2. The second-order valence-corrected chi connectivity index (χ2v) is 12.5. The molecule has 3 aliphatic rings. The molecule has 0 radical (unpaired) electrons. The molecule has 2 aliphatic carbocycles. The molecule has 7 heteroatoms. The maximum absolute atomic E-state index is 13.4. The largest absolute Gasteiger partial charge is 0.387 e. The van der Waals surface area contributed by atoms with E-state index in [1.807, 2.05) is 16.9 Å². The molecule has 0 spiro atoms. The van der Waals surface area contributed by atoms with E-state index < -0.39 is 15.9 Å². The van der Waals surface area contributed by atoms with Crippen LogP contribution >= 0.6 is 15.9 Å². The average molecular weight is 537 g/mol. The third-order valence-electron chi connectivity index (χ3n) is 7.88. The molecule has 1 fully saturated rings. The Kier molecular flexibility index (Phi) is 4.86. The summed E-state index contributed by atoms with van der Waals surface area (Å²) in [6.45, 7) is 4.23. The molecule has 3 atom stereocenters. The first-order valence-electron chi connectivity index (χ1n) is 11.5. The first kappa shape index (κ1) is 22.0. The van der Waals surface area contributed by atoms with Crippen LogP contribution in [0.1, 0.15) is 42.1 Å². The van der Waals surface area contributed by atoms with Gasteiger partial charge in [-0.15, -0.1) is 0 Å². The molecule has 0 bridgehead atoms. The number of hydrogen-bond donors (Lipinski definition) is 1. The van der Waals surface area contributed by atoms with E-state index in [0.717, 1.165) is 36.2 Å². The molecule has 5 nitrogen and oxygen atoms in total. The highest BCUT2D eigenvalue weighted by Gasteiger charge is 2.52. The summed E-state index contributed by atoms with van der Waals surface area (Å²) in [6.07, 6.45) is 5.32. The summed E-state index contributed by atoms with van der Waals surface area (Å²) in [5, 5.41) is 16.2. The highest BCUT2D eigenvalue weighted by molar-refractivity contribution is 9.15. The normalized spacial score (nSPS) is 25.5. The van der Waals surface area contributed by atoms with E-state index in [9.17, 15) is 13.5 Å². The van der Waals surface area contributed by atoms with Gasteiger partial charge in [0, 0.05) is 10.0 Å². The molecule has 0 saturated heterocycles. The van der Waals surface area contributed by atoms with E-state index in [1.165, 1.54) is 11.1 Å². The van der Waals surface area contributed by atoms with Crippen LogP contribution in [-0.4, -0.2) is 29.4 Å². The van der Waals surface area contributed by atoms with E-state index in [1.54, 1.807) is 18.2 Å². The minimum Gasteiger partial charge on any atom is -0.387 e. The number of halogens is 1. The summed E-state index contributed by atoms with van der Waals surface area (Å²) in [6, 6.07) is 15.2. The van der Waals surface area contributed by atoms with Gasteiger partial charge in [0.05, 0.1) is 33.5 Å². The van der Waals surface area contributed by atoms with Gasteiger partial charge in [0.15, 0.2) is 0 Å². The third kappa shape index (κ3) is 3.00. The molecule has 3 aromatic rings. The maximum Gasteiger partial charge on any atom is 0.207 e. The van der Waals surface area contributed by atoms with Crippen molar-refractivity contribution in [2.24, 2.45) is 11.3 Å². The molecule has 1 aromatic heterocycles. The van der Waals surface area contributed by atoms with Crippen LogP contribution in [0, 0.1) is 18.3 Å². The lowest BCUT2D eigenvalue weighted by Gasteiger charge is -2.38. The monoisotopic (exact) mass is 536 g/mol. The second-order valence-electron chi connectivity index (χ2n) is 9.83. The van der Waals surface area contributed by atoms with Crippen molar-refractivity contribution < 1.29 is 13.5 Å². The number of nitrogens with zero attached hydrogens (tertiary/aromatic N) is 2. The zero-order valence-electron chi connectivity index (χ0n) is 19.0. The molecule has 0 unspecified atom stereocenters. The number of aromatic nitrogens is 2. The zero-order chi connectivity index (χ0) is 23.8. The van der Waals surface area contributed by atoms with Gasteiger partial charge in [-0.25, -0.2) is 13.1 Å². The zero-order valence-corrected chi connectivity index (χ0v) is 21.4. The van der Waals surface area contributed by atoms with Crippen LogP contribution in [0.5, 0.6) is 0 Å². The van der Waals surface area contributed by atoms with E-state index >= 15 is 0 Å². The number of benzene rings is 2. The predicted octanol–water partition coefficient (Wildman–Crippen LogP) is 5.45. The lowest BCUT2D eigenvalue weighted by Crippen LogP contribution is -2.38. The van der Waals surface area contributed by atoms with Crippen molar-refractivity contribution in [2.45, 2.75) is 44.1 Å². The first-order valence-corrected chi connectivity index (χ1v) is 13.8. The van der Waals surface area contributed by atoms with Crippen molar-refractivity contribution >= 4 is 36.3 Å². The number of sulfone groups is 1. The quantitative estimate of drug-likeness (QED) is 0.483. The van der Waals surface area contributed by atoms with Gasteiger partial charge in [0.1, 0.15) is 0 Å². The van der Waals surface area contributed by atoms with Crippen molar-refractivity contribution in [3.63, 3.8) is 0 Å². The van der Waals surface area contributed by atoms with Gasteiger partial charge >= 0.3 is 0 Å². The van der Waals surface area contributed by atoms with Crippen molar-refractivity contribution in [1.29, 1.82) is 0 Å². The summed E-state index contributed by atoms with van der Waals surface area (Å²) in [4.78, 5) is 0.363. The minimum atomic E-state index is -3.75. The number of fused-ring (bicyclic) bond motifs is 3. The Hall–Kier alpha value is -2.48.